The summed E-state index contributed by atoms with van der Waals surface area (Å²) in [6, 6.07) is -0.120. The highest BCUT2D eigenvalue weighted by Crippen LogP contribution is 2.28. The van der Waals surface area contributed by atoms with Crippen molar-refractivity contribution in [3.05, 3.63) is 0 Å². The summed E-state index contributed by atoms with van der Waals surface area (Å²) in [5.74, 6) is 0.0208. The van der Waals surface area contributed by atoms with Crippen LogP contribution in [0.1, 0.15) is 59.3 Å². The number of hydrogen-bond acceptors (Lipinski definition) is 3. The minimum absolute atomic E-state index is 0.00352. The smallest absolute Gasteiger partial charge is 0.247 e. The molecule has 0 aromatic rings. The molecule has 2 rings (SSSR count). The van der Waals surface area contributed by atoms with Crippen molar-refractivity contribution >= 4 is 11.8 Å². The molecule has 0 radical (unpaired) electrons. The average Bonchev–Trinajstić information content (AvgIpc) is 2.96. The first-order valence-corrected chi connectivity index (χ1v) is 7.54. The standard InChI is InChI=1S/C15H26N2O2/c1-4-15(2,3)10-16-12-9-13(18)17(14(12)19)11-7-5-6-8-11/h11-12,16H,4-10H2,1-3H3. The second-order valence-corrected chi connectivity index (χ2v) is 6.70. The molecule has 1 unspecified atom stereocenters. The Bertz CT molecular complexity index is 359. The van der Waals surface area contributed by atoms with E-state index in [4.69, 9.17) is 0 Å². The number of nitrogens with one attached hydrogen (secondary N) is 1. The Morgan fingerprint density at radius 2 is 1.89 bits per heavy atom. The van der Waals surface area contributed by atoms with Gasteiger partial charge in [0.1, 0.15) is 0 Å². The highest BCUT2D eigenvalue weighted by atomic mass is 16.2. The minimum Gasteiger partial charge on any atom is -0.305 e. The summed E-state index contributed by atoms with van der Waals surface area (Å²) < 4.78 is 0. The van der Waals surface area contributed by atoms with E-state index >= 15 is 0 Å². The Hall–Kier alpha value is -0.900. The molecule has 1 heterocycles. The third-order valence-corrected chi connectivity index (χ3v) is 4.66. The largest absolute Gasteiger partial charge is 0.305 e. The lowest BCUT2D eigenvalue weighted by Crippen LogP contribution is -2.45. The zero-order valence-electron chi connectivity index (χ0n) is 12.4. The molecule has 4 nitrogen and oxygen atoms in total. The molecule has 0 aromatic heterocycles. The van der Waals surface area contributed by atoms with Crippen LogP contribution in [0, 0.1) is 5.41 Å². The highest BCUT2D eigenvalue weighted by Gasteiger charge is 2.43. The van der Waals surface area contributed by atoms with Crippen LogP contribution in [0.4, 0.5) is 0 Å². The monoisotopic (exact) mass is 266 g/mol. The van der Waals surface area contributed by atoms with Gasteiger partial charge in [0, 0.05) is 12.6 Å². The summed E-state index contributed by atoms with van der Waals surface area (Å²) in [7, 11) is 0. The first kappa shape index (κ1) is 14.5. The molecule has 0 aromatic carbocycles. The summed E-state index contributed by atoms with van der Waals surface area (Å²) in [4.78, 5) is 25.9. The maximum Gasteiger partial charge on any atom is 0.247 e. The van der Waals surface area contributed by atoms with Gasteiger partial charge in [0.2, 0.25) is 11.8 Å². The zero-order valence-corrected chi connectivity index (χ0v) is 12.4. The average molecular weight is 266 g/mol. The molecule has 2 aliphatic rings. The van der Waals surface area contributed by atoms with Gasteiger partial charge in [0.25, 0.3) is 0 Å². The third-order valence-electron chi connectivity index (χ3n) is 4.66. The van der Waals surface area contributed by atoms with Crippen LogP contribution in [0.3, 0.4) is 0 Å². The fourth-order valence-corrected chi connectivity index (χ4v) is 2.88. The SMILES string of the molecule is CCC(C)(C)CNC1CC(=O)N(C2CCCC2)C1=O. The van der Waals surface area contributed by atoms with Gasteiger partial charge in [-0.2, -0.15) is 0 Å². The summed E-state index contributed by atoms with van der Waals surface area (Å²) >= 11 is 0. The molecular weight excluding hydrogens is 240 g/mol. The van der Waals surface area contributed by atoms with Gasteiger partial charge >= 0.3 is 0 Å². The third kappa shape index (κ3) is 3.16. The number of nitrogens with zero attached hydrogens (tertiary/aromatic N) is 1. The van der Waals surface area contributed by atoms with Crippen molar-refractivity contribution < 1.29 is 9.59 Å². The molecule has 0 bridgehead atoms. The lowest BCUT2D eigenvalue weighted by atomic mass is 9.90. The van der Waals surface area contributed by atoms with Crippen LogP contribution in [0.25, 0.3) is 0 Å². The molecule has 19 heavy (non-hydrogen) atoms. The Morgan fingerprint density at radius 3 is 2.47 bits per heavy atom. The van der Waals surface area contributed by atoms with Crippen molar-refractivity contribution in [2.45, 2.75) is 71.4 Å². The fraction of sp³-hybridized carbons (Fsp3) is 0.867. The Morgan fingerprint density at radius 1 is 1.26 bits per heavy atom. The van der Waals surface area contributed by atoms with Crippen LogP contribution in [-0.2, 0) is 9.59 Å². The molecule has 1 aliphatic heterocycles. The lowest BCUT2D eigenvalue weighted by Gasteiger charge is -2.26. The number of rotatable bonds is 5. The normalized spacial score (nSPS) is 25.6. The molecule has 1 saturated carbocycles. The zero-order chi connectivity index (χ0) is 14.0. The van der Waals surface area contributed by atoms with Crippen LogP contribution in [-0.4, -0.2) is 35.3 Å². The Labute approximate surface area is 115 Å². The second-order valence-electron chi connectivity index (χ2n) is 6.70. The van der Waals surface area contributed by atoms with E-state index < -0.39 is 0 Å². The van der Waals surface area contributed by atoms with E-state index in [1.165, 1.54) is 0 Å². The van der Waals surface area contributed by atoms with Crippen molar-refractivity contribution in [3.8, 4) is 0 Å². The van der Waals surface area contributed by atoms with Crippen LogP contribution in [0.15, 0.2) is 0 Å². The van der Waals surface area contributed by atoms with Crippen molar-refractivity contribution in [2.24, 2.45) is 5.41 Å². The summed E-state index contributed by atoms with van der Waals surface area (Å²) in [5, 5.41) is 3.29. The van der Waals surface area contributed by atoms with E-state index in [9.17, 15) is 9.59 Å². The number of imide groups is 1. The Balaban J connectivity index is 1.94. The number of hydrogen-bond donors (Lipinski definition) is 1. The van der Waals surface area contributed by atoms with Crippen LogP contribution in [0.5, 0.6) is 0 Å². The predicted molar refractivity (Wildman–Crippen MR) is 74.6 cm³/mol. The lowest BCUT2D eigenvalue weighted by molar-refractivity contribution is -0.141. The minimum atomic E-state index is -0.293. The van der Waals surface area contributed by atoms with Crippen molar-refractivity contribution in [1.29, 1.82) is 0 Å². The van der Waals surface area contributed by atoms with Gasteiger partial charge in [-0.1, -0.05) is 33.6 Å². The summed E-state index contributed by atoms with van der Waals surface area (Å²) in [6.45, 7) is 7.28. The van der Waals surface area contributed by atoms with Gasteiger partial charge in [0.05, 0.1) is 12.5 Å². The fourth-order valence-electron chi connectivity index (χ4n) is 2.88. The van der Waals surface area contributed by atoms with E-state index in [1.807, 2.05) is 0 Å². The first-order valence-electron chi connectivity index (χ1n) is 7.54. The topological polar surface area (TPSA) is 49.4 Å². The molecule has 1 saturated heterocycles. The van der Waals surface area contributed by atoms with Gasteiger partial charge in [-0.3, -0.25) is 14.5 Å². The van der Waals surface area contributed by atoms with E-state index in [1.54, 1.807) is 4.90 Å². The van der Waals surface area contributed by atoms with Crippen molar-refractivity contribution in [1.82, 2.24) is 10.2 Å². The maximum atomic E-state index is 12.4. The molecule has 1 N–H and O–H groups in total. The summed E-state index contributed by atoms with van der Waals surface area (Å²) in [5.41, 5.74) is 0.171. The van der Waals surface area contributed by atoms with Crippen LogP contribution >= 0.6 is 0 Å². The van der Waals surface area contributed by atoms with Gasteiger partial charge in [-0.05, 0) is 24.7 Å². The molecule has 2 fully saturated rings. The molecule has 1 atom stereocenters. The van der Waals surface area contributed by atoms with Gasteiger partial charge in [-0.25, -0.2) is 0 Å². The Kier molecular flexibility index (Phi) is 4.29. The van der Waals surface area contributed by atoms with E-state index in [0.717, 1.165) is 38.6 Å². The van der Waals surface area contributed by atoms with Gasteiger partial charge < -0.3 is 5.32 Å². The molecule has 108 valence electrons. The molecule has 4 heteroatoms. The van der Waals surface area contributed by atoms with Crippen LogP contribution < -0.4 is 5.32 Å². The highest BCUT2D eigenvalue weighted by molar-refractivity contribution is 6.05. The second kappa shape index (κ2) is 5.61. The molecule has 0 spiro atoms. The van der Waals surface area contributed by atoms with Gasteiger partial charge in [0.15, 0.2) is 0 Å². The first-order chi connectivity index (χ1) is 8.94. The van der Waals surface area contributed by atoms with Crippen LogP contribution in [0.2, 0.25) is 0 Å². The number of carbonyl (C=O) groups excluding carboxylic acids is 2. The molecular formula is C15H26N2O2. The number of likely N-dealkylation sites (tertiary alicyclic amines) is 1. The molecule has 2 amide bonds. The number of carbonyl (C=O) groups is 2. The predicted octanol–water partition coefficient (Wildman–Crippen LogP) is 2.08. The maximum absolute atomic E-state index is 12.4. The molecule has 1 aliphatic carbocycles. The van der Waals surface area contributed by atoms with Gasteiger partial charge in [-0.15, -0.1) is 0 Å². The number of amides is 2. The van der Waals surface area contributed by atoms with Crippen molar-refractivity contribution in [2.75, 3.05) is 6.54 Å². The van der Waals surface area contributed by atoms with E-state index in [2.05, 4.69) is 26.1 Å². The summed E-state index contributed by atoms with van der Waals surface area (Å²) in [6.07, 6.45) is 5.66. The van der Waals surface area contributed by atoms with Crippen molar-refractivity contribution in [3.63, 3.8) is 0 Å². The van der Waals surface area contributed by atoms with E-state index in [-0.39, 0.29) is 29.3 Å². The van der Waals surface area contributed by atoms with E-state index in [0.29, 0.717) is 6.42 Å². The quantitative estimate of drug-likeness (QED) is 0.775.